The van der Waals surface area contributed by atoms with E-state index < -0.39 is 0 Å². The van der Waals surface area contributed by atoms with Crippen LogP contribution in [0.3, 0.4) is 0 Å². The first-order valence-electron chi connectivity index (χ1n) is 6.08. The van der Waals surface area contributed by atoms with Crippen molar-refractivity contribution in [2.75, 3.05) is 0 Å². The Bertz CT molecular complexity index is 724. The normalized spacial score (nSPS) is 12.2. The number of aromatic nitrogens is 1. The summed E-state index contributed by atoms with van der Waals surface area (Å²) in [6.07, 6.45) is 1.60. The Hall–Kier alpha value is -1.86. The first kappa shape index (κ1) is 13.6. The molecule has 0 atom stereocenters. The number of benzene rings is 1. The molecule has 0 aliphatic rings. The summed E-state index contributed by atoms with van der Waals surface area (Å²) in [5.41, 5.74) is 4.46. The van der Waals surface area contributed by atoms with Gasteiger partial charge in [0.1, 0.15) is 0 Å². The Morgan fingerprint density at radius 1 is 1.16 bits per heavy atom. The molecule has 0 amide bonds. The Morgan fingerprint density at radius 3 is 2.32 bits per heavy atom. The maximum atomic E-state index is 6.06. The zero-order valence-electron chi connectivity index (χ0n) is 11.2. The van der Waals surface area contributed by atoms with E-state index in [0.29, 0.717) is 10.4 Å². The molecule has 2 rings (SSSR count). The van der Waals surface area contributed by atoms with Crippen molar-refractivity contribution in [1.82, 2.24) is 4.98 Å². The van der Waals surface area contributed by atoms with Gasteiger partial charge in [-0.25, -0.2) is 4.98 Å². The van der Waals surface area contributed by atoms with E-state index in [1.54, 1.807) is 6.08 Å². The molecule has 0 fully saturated rings. The van der Waals surface area contributed by atoms with Gasteiger partial charge in [0.05, 0.1) is 11.0 Å². The van der Waals surface area contributed by atoms with Crippen LogP contribution in [0.1, 0.15) is 11.1 Å². The van der Waals surface area contributed by atoms with Crippen LogP contribution >= 0.6 is 11.6 Å². The Balaban J connectivity index is 2.63. The first-order valence-corrected chi connectivity index (χ1v) is 6.46. The van der Waals surface area contributed by atoms with Crippen LogP contribution in [0.25, 0.3) is 22.9 Å². The number of pyridine rings is 1. The molecule has 0 radical (unpaired) electrons. The minimum Gasteiger partial charge on any atom is -0.248 e. The van der Waals surface area contributed by atoms with Crippen LogP contribution in [-0.2, 0) is 0 Å². The third kappa shape index (κ3) is 2.94. The lowest BCUT2D eigenvalue weighted by Crippen LogP contribution is -2.27. The van der Waals surface area contributed by atoms with Gasteiger partial charge in [-0.05, 0) is 38.1 Å². The lowest BCUT2D eigenvalue weighted by molar-refractivity contribution is 1.22. The van der Waals surface area contributed by atoms with Crippen LogP contribution in [0.4, 0.5) is 0 Å². The highest BCUT2D eigenvalue weighted by atomic mass is 35.5. The summed E-state index contributed by atoms with van der Waals surface area (Å²) >= 11 is 6.06. The van der Waals surface area contributed by atoms with Gasteiger partial charge in [0.2, 0.25) is 0 Å². The monoisotopic (exact) mass is 269 g/mol. The molecule has 0 aliphatic carbocycles. The van der Waals surface area contributed by atoms with Crippen LogP contribution in [0.15, 0.2) is 43.0 Å². The van der Waals surface area contributed by atoms with Gasteiger partial charge in [-0.15, -0.1) is 0 Å². The molecule has 0 aliphatic heterocycles. The van der Waals surface area contributed by atoms with Crippen molar-refractivity contribution < 1.29 is 0 Å². The molecule has 0 unspecified atom stereocenters. The maximum absolute atomic E-state index is 6.06. The molecule has 1 nitrogen and oxygen atoms in total. The molecule has 1 heterocycles. The predicted molar refractivity (Wildman–Crippen MR) is 83.4 cm³/mol. The molecule has 1 aromatic heterocycles. The second-order valence-corrected chi connectivity index (χ2v) is 5.03. The van der Waals surface area contributed by atoms with Crippen LogP contribution in [0, 0.1) is 13.8 Å². The third-order valence-electron chi connectivity index (χ3n) is 2.93. The van der Waals surface area contributed by atoms with Gasteiger partial charge in [-0.2, -0.15) is 0 Å². The average molecular weight is 270 g/mol. The molecule has 96 valence electrons. The number of aryl methyl sites for hydroxylation is 2. The molecular weight excluding hydrogens is 254 g/mol. The van der Waals surface area contributed by atoms with E-state index in [0.717, 1.165) is 16.5 Å². The first-order chi connectivity index (χ1) is 9.01. The summed E-state index contributed by atoms with van der Waals surface area (Å²) in [4.78, 5) is 4.53. The molecule has 2 heteroatoms. The van der Waals surface area contributed by atoms with E-state index in [4.69, 9.17) is 11.6 Å². The lowest BCUT2D eigenvalue weighted by atomic mass is 10.0. The van der Waals surface area contributed by atoms with E-state index in [9.17, 15) is 0 Å². The van der Waals surface area contributed by atoms with Crippen molar-refractivity contribution in [2.45, 2.75) is 13.8 Å². The van der Waals surface area contributed by atoms with Crippen molar-refractivity contribution in [2.24, 2.45) is 0 Å². The van der Waals surface area contributed by atoms with Gasteiger partial charge in [0.15, 0.2) is 0 Å². The highest BCUT2D eigenvalue weighted by molar-refractivity contribution is 6.47. The van der Waals surface area contributed by atoms with Crippen LogP contribution < -0.4 is 10.6 Å². The standard InChI is InChI=1S/C17H16ClN/c1-5-16(18)15-6-7-17(19-13(15)4)14-9-11(2)8-12(3)10-14/h5-10H,1,4H2,2-3H3. The summed E-state index contributed by atoms with van der Waals surface area (Å²) in [6, 6.07) is 10.3. The summed E-state index contributed by atoms with van der Waals surface area (Å²) in [5, 5.41) is 2.07. The Labute approximate surface area is 118 Å². The molecular formula is C17H16ClN. The van der Waals surface area contributed by atoms with Crippen LogP contribution in [0.5, 0.6) is 0 Å². The van der Waals surface area contributed by atoms with Gasteiger partial charge in [0, 0.05) is 15.8 Å². The fourth-order valence-electron chi connectivity index (χ4n) is 2.11. The highest BCUT2D eigenvalue weighted by Gasteiger charge is 2.02. The summed E-state index contributed by atoms with van der Waals surface area (Å²) in [5.74, 6) is 0. The van der Waals surface area contributed by atoms with Crippen molar-refractivity contribution in [3.8, 4) is 11.3 Å². The fraction of sp³-hybridized carbons (Fsp3) is 0.118. The van der Waals surface area contributed by atoms with Gasteiger partial charge >= 0.3 is 0 Å². The quantitative estimate of drug-likeness (QED) is 0.815. The molecule has 0 N–H and O–H groups in total. The van der Waals surface area contributed by atoms with Crippen LogP contribution in [-0.4, -0.2) is 4.98 Å². The maximum Gasteiger partial charge on any atom is 0.0709 e. The molecule has 1 aromatic carbocycles. The lowest BCUT2D eigenvalue weighted by Gasteiger charge is -2.05. The minimum absolute atomic E-state index is 0.574. The van der Waals surface area contributed by atoms with E-state index in [-0.39, 0.29) is 0 Å². The fourth-order valence-corrected chi connectivity index (χ4v) is 2.28. The van der Waals surface area contributed by atoms with Crippen molar-refractivity contribution in [3.63, 3.8) is 0 Å². The number of nitrogens with zero attached hydrogens (tertiary/aromatic N) is 1. The minimum atomic E-state index is 0.574. The summed E-state index contributed by atoms with van der Waals surface area (Å²) in [7, 11) is 0. The van der Waals surface area contributed by atoms with Gasteiger partial charge < -0.3 is 0 Å². The molecule has 0 saturated carbocycles. The van der Waals surface area contributed by atoms with Crippen LogP contribution in [0.2, 0.25) is 0 Å². The molecule has 2 aromatic rings. The Kier molecular flexibility index (Phi) is 3.87. The predicted octanol–water partition coefficient (Wildman–Crippen LogP) is 3.31. The number of hydrogen-bond acceptors (Lipinski definition) is 1. The number of hydrogen-bond donors (Lipinski definition) is 0. The molecule has 0 saturated heterocycles. The number of halogens is 1. The number of allylic oxidation sites excluding steroid dienone is 1. The van der Waals surface area contributed by atoms with Gasteiger partial charge in [0.25, 0.3) is 0 Å². The van der Waals surface area contributed by atoms with E-state index in [2.05, 4.69) is 50.2 Å². The second-order valence-electron chi connectivity index (χ2n) is 4.62. The topological polar surface area (TPSA) is 12.9 Å². The van der Waals surface area contributed by atoms with E-state index in [1.807, 2.05) is 12.1 Å². The van der Waals surface area contributed by atoms with E-state index in [1.165, 1.54) is 11.1 Å². The molecule has 0 spiro atoms. The summed E-state index contributed by atoms with van der Waals surface area (Å²) < 4.78 is 0. The smallest absolute Gasteiger partial charge is 0.0709 e. The Morgan fingerprint density at radius 2 is 1.79 bits per heavy atom. The zero-order chi connectivity index (χ0) is 14.0. The van der Waals surface area contributed by atoms with Crippen molar-refractivity contribution >= 4 is 23.2 Å². The largest absolute Gasteiger partial charge is 0.248 e. The third-order valence-corrected chi connectivity index (χ3v) is 3.29. The average Bonchev–Trinajstić information content (AvgIpc) is 2.36. The van der Waals surface area contributed by atoms with Gasteiger partial charge in [-0.1, -0.05) is 48.0 Å². The summed E-state index contributed by atoms with van der Waals surface area (Å²) in [6.45, 7) is 11.8. The molecule has 0 bridgehead atoms. The zero-order valence-corrected chi connectivity index (χ0v) is 12.0. The highest BCUT2D eigenvalue weighted by Crippen LogP contribution is 2.18. The van der Waals surface area contributed by atoms with Crippen molar-refractivity contribution in [3.05, 3.63) is 64.7 Å². The number of rotatable bonds is 2. The second kappa shape index (κ2) is 5.41. The van der Waals surface area contributed by atoms with Crippen molar-refractivity contribution in [1.29, 1.82) is 0 Å². The SMILES string of the molecule is C=CC(Cl)=c1ccc(-c2cc(C)cc(C)c2)nc1=C. The molecule has 19 heavy (non-hydrogen) atoms. The van der Waals surface area contributed by atoms with E-state index >= 15 is 0 Å². The van der Waals surface area contributed by atoms with Gasteiger partial charge in [-0.3, -0.25) is 0 Å².